The van der Waals surface area contributed by atoms with Gasteiger partial charge < -0.3 is 15.4 Å². The first-order chi connectivity index (χ1) is 12.0. The Bertz CT molecular complexity index is 745. The molecule has 6 heteroatoms. The minimum Gasteiger partial charge on any atom is -0.465 e. The van der Waals surface area contributed by atoms with E-state index >= 15 is 0 Å². The smallest absolute Gasteiger partial charge is 0.337 e. The van der Waals surface area contributed by atoms with Crippen LogP contribution in [-0.4, -0.2) is 25.5 Å². The van der Waals surface area contributed by atoms with Gasteiger partial charge in [0.25, 0.3) is 0 Å². The zero-order chi connectivity index (χ0) is 18.2. The van der Waals surface area contributed by atoms with Crippen molar-refractivity contribution >= 4 is 29.2 Å². The summed E-state index contributed by atoms with van der Waals surface area (Å²) >= 11 is 6.06. The van der Waals surface area contributed by atoms with Crippen molar-refractivity contribution in [2.24, 2.45) is 0 Å². The Morgan fingerprint density at radius 3 is 2.52 bits per heavy atom. The molecular formula is C19H21ClN2O3. The number of amides is 1. The molecule has 0 aromatic heterocycles. The molecule has 0 aliphatic rings. The predicted octanol–water partition coefficient (Wildman–Crippen LogP) is 3.55. The molecule has 132 valence electrons. The maximum Gasteiger partial charge on any atom is 0.337 e. The van der Waals surface area contributed by atoms with Gasteiger partial charge >= 0.3 is 5.97 Å². The predicted molar refractivity (Wildman–Crippen MR) is 98.9 cm³/mol. The Morgan fingerprint density at radius 1 is 1.12 bits per heavy atom. The van der Waals surface area contributed by atoms with Crippen molar-refractivity contribution in [1.29, 1.82) is 0 Å². The molecule has 2 rings (SSSR count). The molecular weight excluding hydrogens is 340 g/mol. The molecule has 0 spiro atoms. The minimum atomic E-state index is -0.480. The van der Waals surface area contributed by atoms with Crippen LogP contribution in [0, 0.1) is 6.92 Å². The summed E-state index contributed by atoms with van der Waals surface area (Å²) in [7, 11) is 1.30. The van der Waals surface area contributed by atoms with Gasteiger partial charge in [-0.05, 0) is 30.7 Å². The van der Waals surface area contributed by atoms with E-state index in [1.165, 1.54) is 24.3 Å². The maximum absolute atomic E-state index is 12.0. The average molecular weight is 361 g/mol. The molecule has 0 saturated heterocycles. The van der Waals surface area contributed by atoms with E-state index in [0.717, 1.165) is 0 Å². The molecule has 0 fully saturated rings. The maximum atomic E-state index is 12.0. The summed E-state index contributed by atoms with van der Waals surface area (Å²) in [6, 6.07) is 12.8. The summed E-state index contributed by atoms with van der Waals surface area (Å²) in [5.41, 5.74) is 3.11. The molecule has 25 heavy (non-hydrogen) atoms. The van der Waals surface area contributed by atoms with Gasteiger partial charge in [-0.25, -0.2) is 4.79 Å². The van der Waals surface area contributed by atoms with E-state index < -0.39 is 5.97 Å². The van der Waals surface area contributed by atoms with Crippen molar-refractivity contribution < 1.29 is 14.3 Å². The van der Waals surface area contributed by atoms with Crippen LogP contribution < -0.4 is 10.6 Å². The van der Waals surface area contributed by atoms with Crippen LogP contribution in [0.2, 0.25) is 5.02 Å². The van der Waals surface area contributed by atoms with Gasteiger partial charge in [0.2, 0.25) is 5.91 Å². The van der Waals surface area contributed by atoms with Crippen molar-refractivity contribution in [2.75, 3.05) is 19.0 Å². The quantitative estimate of drug-likeness (QED) is 0.585. The molecule has 0 aliphatic heterocycles. The lowest BCUT2D eigenvalue weighted by molar-refractivity contribution is -0.116. The van der Waals surface area contributed by atoms with Crippen LogP contribution in [0.15, 0.2) is 42.5 Å². The fraction of sp³-hybridized carbons (Fsp3) is 0.263. The lowest BCUT2D eigenvalue weighted by Gasteiger charge is -2.09. The van der Waals surface area contributed by atoms with Gasteiger partial charge in [0.05, 0.1) is 23.4 Å². The highest BCUT2D eigenvalue weighted by atomic mass is 35.5. The molecule has 0 atom stereocenters. The zero-order valence-electron chi connectivity index (χ0n) is 14.3. The van der Waals surface area contributed by atoms with E-state index in [2.05, 4.69) is 39.6 Å². The fourth-order valence-corrected chi connectivity index (χ4v) is 2.38. The molecule has 1 amide bonds. The Hall–Kier alpha value is -2.37. The molecule has 0 saturated carbocycles. The Balaban J connectivity index is 1.81. The molecule has 0 bridgehead atoms. The highest BCUT2D eigenvalue weighted by Gasteiger charge is 2.11. The second kappa shape index (κ2) is 9.20. The van der Waals surface area contributed by atoms with Gasteiger partial charge in [-0.1, -0.05) is 41.4 Å². The number of hydrogen-bond acceptors (Lipinski definition) is 4. The molecule has 2 aromatic rings. The normalized spacial score (nSPS) is 10.4. The summed E-state index contributed by atoms with van der Waals surface area (Å²) in [5.74, 6) is -0.660. The number of halogens is 1. The first-order valence-corrected chi connectivity index (χ1v) is 8.31. The van der Waals surface area contributed by atoms with Crippen molar-refractivity contribution in [1.82, 2.24) is 5.32 Å². The molecule has 0 heterocycles. The van der Waals surface area contributed by atoms with Crippen molar-refractivity contribution in [3.8, 4) is 0 Å². The largest absolute Gasteiger partial charge is 0.465 e. The third kappa shape index (κ3) is 5.89. The molecule has 0 unspecified atom stereocenters. The molecule has 0 aliphatic carbocycles. The third-order valence-corrected chi connectivity index (χ3v) is 3.97. The van der Waals surface area contributed by atoms with Crippen LogP contribution >= 0.6 is 11.6 Å². The summed E-state index contributed by atoms with van der Waals surface area (Å²) in [6.07, 6.45) is 0.296. The number of esters is 1. The molecule has 2 N–H and O–H groups in total. The summed E-state index contributed by atoms with van der Waals surface area (Å²) in [5, 5.41) is 6.31. The fourth-order valence-electron chi connectivity index (χ4n) is 2.22. The number of hydrogen-bond donors (Lipinski definition) is 2. The monoisotopic (exact) mass is 360 g/mol. The van der Waals surface area contributed by atoms with Crippen LogP contribution in [0.1, 0.15) is 27.9 Å². The van der Waals surface area contributed by atoms with Gasteiger partial charge in [-0.2, -0.15) is 0 Å². The summed E-state index contributed by atoms with van der Waals surface area (Å²) in [6.45, 7) is 3.28. The number of aryl methyl sites for hydroxylation is 1. The highest BCUT2D eigenvalue weighted by molar-refractivity contribution is 6.33. The Kier molecular flexibility index (Phi) is 6.98. The van der Waals surface area contributed by atoms with Crippen molar-refractivity contribution in [2.45, 2.75) is 19.9 Å². The first kappa shape index (κ1) is 19.0. The van der Waals surface area contributed by atoms with Gasteiger partial charge in [0.15, 0.2) is 0 Å². The molecule has 5 nitrogen and oxygen atoms in total. The van der Waals surface area contributed by atoms with Gasteiger partial charge in [0, 0.05) is 19.5 Å². The van der Waals surface area contributed by atoms with Crippen LogP contribution in [0.3, 0.4) is 0 Å². The second-order valence-electron chi connectivity index (χ2n) is 5.65. The van der Waals surface area contributed by atoms with E-state index in [0.29, 0.717) is 35.8 Å². The molecule has 2 aromatic carbocycles. The van der Waals surface area contributed by atoms with E-state index in [1.54, 1.807) is 12.1 Å². The van der Waals surface area contributed by atoms with E-state index in [9.17, 15) is 9.59 Å². The number of rotatable bonds is 7. The summed E-state index contributed by atoms with van der Waals surface area (Å²) < 4.78 is 4.66. The number of ether oxygens (including phenoxy) is 1. The number of nitrogens with one attached hydrogen (secondary N) is 2. The van der Waals surface area contributed by atoms with E-state index in [4.69, 9.17) is 11.6 Å². The number of carbonyl (C=O) groups is 2. The van der Waals surface area contributed by atoms with Crippen LogP contribution in [-0.2, 0) is 16.1 Å². The molecule has 0 radical (unpaired) electrons. The minimum absolute atomic E-state index is 0.180. The van der Waals surface area contributed by atoms with Gasteiger partial charge in [-0.3, -0.25) is 4.79 Å². The highest BCUT2D eigenvalue weighted by Crippen LogP contribution is 2.23. The lowest BCUT2D eigenvalue weighted by atomic mass is 10.1. The SMILES string of the molecule is COC(=O)c1ccc(Cl)c(NC(=O)CCNCc2ccc(C)cc2)c1. The van der Waals surface area contributed by atoms with Crippen molar-refractivity contribution in [3.63, 3.8) is 0 Å². The first-order valence-electron chi connectivity index (χ1n) is 7.93. The lowest BCUT2D eigenvalue weighted by Crippen LogP contribution is -2.21. The number of anilines is 1. The number of carbonyl (C=O) groups excluding carboxylic acids is 2. The van der Waals surface area contributed by atoms with Gasteiger partial charge in [0.1, 0.15) is 0 Å². The standard InChI is InChI=1S/C19H21ClN2O3/c1-13-3-5-14(6-4-13)12-21-10-9-18(23)22-17-11-15(19(24)25-2)7-8-16(17)20/h3-8,11,21H,9-10,12H2,1-2H3,(H,22,23). The van der Waals surface area contributed by atoms with Gasteiger partial charge in [-0.15, -0.1) is 0 Å². The van der Waals surface area contributed by atoms with Crippen LogP contribution in [0.25, 0.3) is 0 Å². The Labute approximate surface area is 152 Å². The van der Waals surface area contributed by atoms with E-state index in [-0.39, 0.29) is 5.91 Å². The Morgan fingerprint density at radius 2 is 1.84 bits per heavy atom. The topological polar surface area (TPSA) is 67.4 Å². The zero-order valence-corrected chi connectivity index (χ0v) is 15.0. The summed E-state index contributed by atoms with van der Waals surface area (Å²) in [4.78, 5) is 23.6. The average Bonchev–Trinajstić information content (AvgIpc) is 2.61. The number of methoxy groups -OCH3 is 1. The van der Waals surface area contributed by atoms with Crippen LogP contribution in [0.4, 0.5) is 5.69 Å². The van der Waals surface area contributed by atoms with Crippen molar-refractivity contribution in [3.05, 3.63) is 64.2 Å². The third-order valence-electron chi connectivity index (χ3n) is 3.64. The second-order valence-corrected chi connectivity index (χ2v) is 6.05. The van der Waals surface area contributed by atoms with Crippen LogP contribution in [0.5, 0.6) is 0 Å². The number of benzene rings is 2. The van der Waals surface area contributed by atoms with E-state index in [1.807, 2.05) is 6.92 Å².